The maximum absolute atomic E-state index is 9.84. The zero-order valence-electron chi connectivity index (χ0n) is 8.49. The van der Waals surface area contributed by atoms with E-state index in [-0.39, 0.29) is 5.75 Å². The van der Waals surface area contributed by atoms with Crippen molar-refractivity contribution in [1.82, 2.24) is 0 Å². The molecule has 15 heavy (non-hydrogen) atoms. The van der Waals surface area contributed by atoms with E-state index < -0.39 is 0 Å². The SMILES string of the molecule is C=CCc1oc2c(OC)cccc2c1O. The van der Waals surface area contributed by atoms with E-state index in [2.05, 4.69) is 6.58 Å². The number of aromatic hydroxyl groups is 1. The maximum Gasteiger partial charge on any atom is 0.180 e. The predicted molar refractivity (Wildman–Crippen MR) is 58.3 cm³/mol. The summed E-state index contributed by atoms with van der Waals surface area (Å²) in [6.07, 6.45) is 2.19. The molecule has 0 aliphatic rings. The van der Waals surface area contributed by atoms with E-state index in [1.807, 2.05) is 6.07 Å². The third-order valence-electron chi connectivity index (χ3n) is 2.27. The Labute approximate surface area is 87.6 Å². The lowest BCUT2D eigenvalue weighted by atomic mass is 10.2. The average molecular weight is 204 g/mol. The molecule has 0 fully saturated rings. The van der Waals surface area contributed by atoms with Crippen LogP contribution in [0.4, 0.5) is 0 Å². The number of fused-ring (bicyclic) bond motifs is 1. The largest absolute Gasteiger partial charge is 0.504 e. The molecule has 3 nitrogen and oxygen atoms in total. The predicted octanol–water partition coefficient (Wildman–Crippen LogP) is 2.88. The fraction of sp³-hybridized carbons (Fsp3) is 0.167. The number of allylic oxidation sites excluding steroid dienone is 1. The average Bonchev–Trinajstić information content (AvgIpc) is 2.57. The zero-order valence-corrected chi connectivity index (χ0v) is 8.49. The normalized spacial score (nSPS) is 10.5. The maximum atomic E-state index is 9.84. The molecule has 1 heterocycles. The molecular formula is C12H12O3. The number of hydrogen-bond acceptors (Lipinski definition) is 3. The summed E-state index contributed by atoms with van der Waals surface area (Å²) in [5, 5.41) is 10.5. The molecule has 78 valence electrons. The quantitative estimate of drug-likeness (QED) is 0.781. The number of rotatable bonds is 3. The van der Waals surface area contributed by atoms with Crippen LogP contribution in [0.2, 0.25) is 0 Å². The fourth-order valence-electron chi connectivity index (χ4n) is 1.56. The van der Waals surface area contributed by atoms with Crippen molar-refractivity contribution in [3.05, 3.63) is 36.6 Å². The molecule has 0 aliphatic carbocycles. The lowest BCUT2D eigenvalue weighted by Crippen LogP contribution is -1.81. The summed E-state index contributed by atoms with van der Waals surface area (Å²) in [5.74, 6) is 1.31. The molecular weight excluding hydrogens is 192 g/mol. The molecule has 1 N–H and O–H groups in total. The molecule has 2 rings (SSSR count). The molecule has 0 aliphatic heterocycles. The first kappa shape index (κ1) is 9.65. The first-order valence-electron chi connectivity index (χ1n) is 4.66. The van der Waals surface area contributed by atoms with Crippen molar-refractivity contribution in [3.8, 4) is 11.5 Å². The van der Waals surface area contributed by atoms with Crippen LogP contribution in [-0.2, 0) is 6.42 Å². The van der Waals surface area contributed by atoms with Crippen LogP contribution in [0, 0.1) is 0 Å². The second-order valence-corrected chi connectivity index (χ2v) is 3.20. The lowest BCUT2D eigenvalue weighted by Gasteiger charge is -1.98. The highest BCUT2D eigenvalue weighted by atomic mass is 16.5. The molecule has 0 unspecified atom stereocenters. The topological polar surface area (TPSA) is 42.6 Å². The van der Waals surface area contributed by atoms with Crippen molar-refractivity contribution in [2.24, 2.45) is 0 Å². The van der Waals surface area contributed by atoms with Gasteiger partial charge in [0.05, 0.1) is 12.5 Å². The van der Waals surface area contributed by atoms with Crippen molar-refractivity contribution in [1.29, 1.82) is 0 Å². The molecule has 0 atom stereocenters. The van der Waals surface area contributed by atoms with Gasteiger partial charge in [-0.2, -0.15) is 0 Å². The monoisotopic (exact) mass is 204 g/mol. The Morgan fingerprint density at radius 3 is 3.00 bits per heavy atom. The minimum Gasteiger partial charge on any atom is -0.504 e. The van der Waals surface area contributed by atoms with Gasteiger partial charge in [-0.05, 0) is 12.1 Å². The van der Waals surface area contributed by atoms with Gasteiger partial charge in [-0.3, -0.25) is 0 Å². The number of para-hydroxylation sites is 1. The van der Waals surface area contributed by atoms with Crippen molar-refractivity contribution in [2.75, 3.05) is 7.11 Å². The highest BCUT2D eigenvalue weighted by Crippen LogP contribution is 2.37. The van der Waals surface area contributed by atoms with Crippen LogP contribution >= 0.6 is 0 Å². The van der Waals surface area contributed by atoms with Crippen LogP contribution in [0.5, 0.6) is 11.5 Å². The van der Waals surface area contributed by atoms with Gasteiger partial charge in [-0.15, -0.1) is 6.58 Å². The smallest absolute Gasteiger partial charge is 0.180 e. The third kappa shape index (κ3) is 1.46. The van der Waals surface area contributed by atoms with Gasteiger partial charge in [0, 0.05) is 6.42 Å². The van der Waals surface area contributed by atoms with Gasteiger partial charge in [0.15, 0.2) is 22.8 Å². The van der Waals surface area contributed by atoms with Crippen LogP contribution in [-0.4, -0.2) is 12.2 Å². The van der Waals surface area contributed by atoms with E-state index in [9.17, 15) is 5.11 Å². The Hall–Kier alpha value is -1.90. The van der Waals surface area contributed by atoms with Gasteiger partial charge in [0.25, 0.3) is 0 Å². The number of methoxy groups -OCH3 is 1. The van der Waals surface area contributed by atoms with Crippen LogP contribution in [0.25, 0.3) is 11.0 Å². The zero-order chi connectivity index (χ0) is 10.8. The van der Waals surface area contributed by atoms with Crippen molar-refractivity contribution in [2.45, 2.75) is 6.42 Å². The Kier molecular flexibility index (Phi) is 2.37. The van der Waals surface area contributed by atoms with Crippen LogP contribution < -0.4 is 4.74 Å². The number of benzene rings is 1. The van der Waals surface area contributed by atoms with Gasteiger partial charge in [-0.25, -0.2) is 0 Å². The van der Waals surface area contributed by atoms with Gasteiger partial charge < -0.3 is 14.3 Å². The van der Waals surface area contributed by atoms with Crippen molar-refractivity contribution in [3.63, 3.8) is 0 Å². The molecule has 0 spiro atoms. The van der Waals surface area contributed by atoms with Crippen molar-refractivity contribution < 1.29 is 14.3 Å². The Morgan fingerprint density at radius 2 is 2.33 bits per heavy atom. The summed E-state index contributed by atoms with van der Waals surface area (Å²) in [4.78, 5) is 0. The van der Waals surface area contributed by atoms with Gasteiger partial charge in [0.1, 0.15) is 0 Å². The summed E-state index contributed by atoms with van der Waals surface area (Å²) in [7, 11) is 1.57. The summed E-state index contributed by atoms with van der Waals surface area (Å²) in [5.41, 5.74) is 0.578. The molecule has 0 saturated carbocycles. The van der Waals surface area contributed by atoms with E-state index in [1.54, 1.807) is 25.3 Å². The highest BCUT2D eigenvalue weighted by molar-refractivity contribution is 5.89. The van der Waals surface area contributed by atoms with Crippen LogP contribution in [0.1, 0.15) is 5.76 Å². The minimum atomic E-state index is 0.170. The number of hydrogen-bond donors (Lipinski definition) is 1. The Balaban J connectivity index is 2.69. The van der Waals surface area contributed by atoms with Gasteiger partial charge in [0.2, 0.25) is 0 Å². The molecule has 3 heteroatoms. The first-order valence-corrected chi connectivity index (χ1v) is 4.66. The van der Waals surface area contributed by atoms with E-state index in [0.29, 0.717) is 28.9 Å². The summed E-state index contributed by atoms with van der Waals surface area (Å²) in [6.45, 7) is 3.61. The van der Waals surface area contributed by atoms with Gasteiger partial charge in [-0.1, -0.05) is 12.1 Å². The van der Waals surface area contributed by atoms with E-state index in [1.165, 1.54) is 0 Å². The molecule has 2 aromatic rings. The number of ether oxygens (including phenoxy) is 1. The molecule has 0 saturated heterocycles. The summed E-state index contributed by atoms with van der Waals surface area (Å²) in [6, 6.07) is 5.40. The minimum absolute atomic E-state index is 0.170. The number of furan rings is 1. The van der Waals surface area contributed by atoms with E-state index >= 15 is 0 Å². The standard InChI is InChI=1S/C12H12O3/c1-3-5-9-11(13)8-6-4-7-10(14-2)12(8)15-9/h3-4,6-7,13H,1,5H2,2H3. The van der Waals surface area contributed by atoms with Crippen LogP contribution in [0.15, 0.2) is 35.3 Å². The Morgan fingerprint density at radius 1 is 1.53 bits per heavy atom. The molecule has 1 aromatic heterocycles. The first-order chi connectivity index (χ1) is 7.27. The lowest BCUT2D eigenvalue weighted by molar-refractivity contribution is 0.405. The third-order valence-corrected chi connectivity index (χ3v) is 2.27. The summed E-state index contributed by atoms with van der Waals surface area (Å²) < 4.78 is 10.7. The Bertz CT molecular complexity index is 497. The molecule has 0 bridgehead atoms. The molecule has 1 aromatic carbocycles. The van der Waals surface area contributed by atoms with Crippen molar-refractivity contribution >= 4 is 11.0 Å². The second kappa shape index (κ2) is 3.69. The van der Waals surface area contributed by atoms with Crippen LogP contribution in [0.3, 0.4) is 0 Å². The second-order valence-electron chi connectivity index (χ2n) is 3.20. The fourth-order valence-corrected chi connectivity index (χ4v) is 1.56. The van der Waals surface area contributed by atoms with E-state index in [4.69, 9.17) is 9.15 Å². The molecule has 0 radical (unpaired) electrons. The highest BCUT2D eigenvalue weighted by Gasteiger charge is 2.14. The molecule has 0 amide bonds. The van der Waals surface area contributed by atoms with E-state index in [0.717, 1.165) is 0 Å². The summed E-state index contributed by atoms with van der Waals surface area (Å²) >= 11 is 0. The van der Waals surface area contributed by atoms with Gasteiger partial charge >= 0.3 is 0 Å².